The maximum atomic E-state index is 14.6. The van der Waals surface area contributed by atoms with E-state index >= 15 is 0 Å². The number of hydrogen-bond donors (Lipinski definition) is 3. The van der Waals surface area contributed by atoms with Crippen molar-refractivity contribution in [3.63, 3.8) is 0 Å². The SMILES string of the molecule is COc1ccc(-c2cnc(C(=O)Nc3ccc(C(=O)N4CCN(C(=O)[C@@H]5C[C@H](O)CN5)CC4)c(Cl)c3)n2C)c(F)c1F. The molecule has 42 heavy (non-hydrogen) atoms. The fourth-order valence-corrected chi connectivity index (χ4v) is 5.40. The summed E-state index contributed by atoms with van der Waals surface area (Å²) in [5, 5.41) is 15.5. The predicted octanol–water partition coefficient (Wildman–Crippen LogP) is 2.29. The quantitative estimate of drug-likeness (QED) is 0.395. The van der Waals surface area contributed by atoms with Gasteiger partial charge in [0.1, 0.15) is 0 Å². The molecule has 5 rings (SSSR count). The highest BCUT2D eigenvalue weighted by Gasteiger charge is 2.34. The van der Waals surface area contributed by atoms with Gasteiger partial charge in [0.05, 0.1) is 41.7 Å². The van der Waals surface area contributed by atoms with Crippen molar-refractivity contribution < 1.29 is 33.0 Å². The summed E-state index contributed by atoms with van der Waals surface area (Å²) < 4.78 is 35.0. The Morgan fingerprint density at radius 2 is 1.81 bits per heavy atom. The van der Waals surface area contributed by atoms with Crippen LogP contribution in [-0.4, -0.2) is 94.2 Å². The van der Waals surface area contributed by atoms with Crippen LogP contribution < -0.4 is 15.4 Å². The van der Waals surface area contributed by atoms with Crippen LogP contribution in [0.1, 0.15) is 27.4 Å². The number of carbonyl (C=O) groups is 3. The third-order valence-corrected chi connectivity index (χ3v) is 7.79. The lowest BCUT2D eigenvalue weighted by molar-refractivity contribution is -0.134. The fraction of sp³-hybridized carbons (Fsp3) is 0.357. The molecule has 0 radical (unpaired) electrons. The molecule has 0 aliphatic carbocycles. The van der Waals surface area contributed by atoms with Crippen LogP contribution in [0.5, 0.6) is 5.75 Å². The standard InChI is InChI=1S/C28H29ClF2N6O5/c1-35-21(18-5-6-22(42-2)24(31)23(18)30)14-33-25(35)26(39)34-15-3-4-17(19(29)11-15)27(40)36-7-9-37(10-8-36)28(41)20-12-16(38)13-32-20/h3-6,11,14,16,20,32,38H,7-10,12-13H2,1-2H3,(H,34,39)/t16-,20-/m0/s1. The number of nitrogens with one attached hydrogen (secondary N) is 2. The minimum atomic E-state index is -1.15. The number of β-amino-alcohol motifs (C(OH)–C–C–N with tert-alkyl or cyclic N) is 1. The van der Waals surface area contributed by atoms with Gasteiger partial charge < -0.3 is 34.8 Å². The van der Waals surface area contributed by atoms with Crippen molar-refractivity contribution in [1.82, 2.24) is 24.7 Å². The van der Waals surface area contributed by atoms with Gasteiger partial charge in [0.25, 0.3) is 11.8 Å². The number of ether oxygens (including phenoxy) is 1. The van der Waals surface area contributed by atoms with Crippen molar-refractivity contribution in [2.45, 2.75) is 18.6 Å². The second-order valence-corrected chi connectivity index (χ2v) is 10.5. The molecule has 1 aromatic heterocycles. The molecule has 0 saturated carbocycles. The summed E-state index contributed by atoms with van der Waals surface area (Å²) in [5.74, 6) is -3.60. The van der Waals surface area contributed by atoms with Crippen LogP contribution in [0, 0.1) is 11.6 Å². The van der Waals surface area contributed by atoms with E-state index in [-0.39, 0.29) is 45.2 Å². The van der Waals surface area contributed by atoms with Gasteiger partial charge >= 0.3 is 0 Å². The minimum Gasteiger partial charge on any atom is -0.494 e. The fourth-order valence-electron chi connectivity index (χ4n) is 5.14. The Balaban J connectivity index is 1.22. The Hall–Kier alpha value is -4.07. The maximum Gasteiger partial charge on any atom is 0.291 e. The van der Waals surface area contributed by atoms with E-state index in [4.69, 9.17) is 16.3 Å². The molecule has 2 saturated heterocycles. The molecule has 2 aromatic carbocycles. The monoisotopic (exact) mass is 602 g/mol. The highest BCUT2D eigenvalue weighted by atomic mass is 35.5. The van der Waals surface area contributed by atoms with Crippen molar-refractivity contribution >= 4 is 35.0 Å². The lowest BCUT2D eigenvalue weighted by Crippen LogP contribution is -2.54. The topological polar surface area (TPSA) is 129 Å². The number of nitrogens with zero attached hydrogens (tertiary/aromatic N) is 4. The van der Waals surface area contributed by atoms with Gasteiger partial charge in [-0.05, 0) is 36.8 Å². The number of rotatable bonds is 6. The zero-order valence-electron chi connectivity index (χ0n) is 22.9. The van der Waals surface area contributed by atoms with Crippen molar-refractivity contribution in [3.05, 3.63) is 64.6 Å². The van der Waals surface area contributed by atoms with Crippen LogP contribution in [0.4, 0.5) is 14.5 Å². The molecule has 0 bridgehead atoms. The number of benzene rings is 2. The Labute approximate surface area is 245 Å². The number of halogens is 3. The average Bonchev–Trinajstić information content (AvgIpc) is 3.59. The summed E-state index contributed by atoms with van der Waals surface area (Å²) in [6.45, 7) is 1.77. The Morgan fingerprint density at radius 1 is 1.10 bits per heavy atom. The van der Waals surface area contributed by atoms with E-state index in [0.29, 0.717) is 44.8 Å². The lowest BCUT2D eigenvalue weighted by Gasteiger charge is -2.36. The Bertz CT molecular complexity index is 1540. The van der Waals surface area contributed by atoms with Crippen molar-refractivity contribution in [2.75, 3.05) is 45.2 Å². The Kier molecular flexibility index (Phi) is 8.43. The van der Waals surface area contributed by atoms with Gasteiger partial charge in [-0.2, -0.15) is 4.39 Å². The van der Waals surface area contributed by atoms with Crippen molar-refractivity contribution in [2.24, 2.45) is 7.05 Å². The number of hydrogen-bond acceptors (Lipinski definition) is 7. The number of methoxy groups -OCH3 is 1. The molecule has 3 N–H and O–H groups in total. The summed E-state index contributed by atoms with van der Waals surface area (Å²) in [6.07, 6.45) is 1.10. The molecule has 2 fully saturated rings. The molecule has 2 aliphatic heterocycles. The van der Waals surface area contributed by atoms with E-state index in [1.165, 1.54) is 55.3 Å². The molecule has 3 amide bonds. The smallest absolute Gasteiger partial charge is 0.291 e. The molecule has 2 aliphatic rings. The lowest BCUT2D eigenvalue weighted by atomic mass is 10.1. The molecule has 0 spiro atoms. The van der Waals surface area contributed by atoms with Gasteiger partial charge in [0, 0.05) is 51.0 Å². The molecule has 3 aromatic rings. The third kappa shape index (κ3) is 5.67. The first-order valence-corrected chi connectivity index (χ1v) is 13.6. The second-order valence-electron chi connectivity index (χ2n) is 10.1. The minimum absolute atomic E-state index is 0.0633. The van der Waals surface area contributed by atoms with Gasteiger partial charge in [0.15, 0.2) is 17.4 Å². The van der Waals surface area contributed by atoms with Gasteiger partial charge in [-0.15, -0.1) is 0 Å². The number of imidazole rings is 1. The summed E-state index contributed by atoms with van der Waals surface area (Å²) in [7, 11) is 2.72. The van der Waals surface area contributed by atoms with E-state index < -0.39 is 29.7 Å². The van der Waals surface area contributed by atoms with Crippen LogP contribution in [0.25, 0.3) is 11.3 Å². The molecular formula is C28H29ClF2N6O5. The molecule has 3 heterocycles. The molecule has 222 valence electrons. The van der Waals surface area contributed by atoms with Crippen LogP contribution in [-0.2, 0) is 11.8 Å². The number of aliphatic hydroxyl groups excluding tert-OH is 1. The average molecular weight is 603 g/mol. The molecule has 11 nitrogen and oxygen atoms in total. The van der Waals surface area contributed by atoms with Crippen LogP contribution >= 0.6 is 11.6 Å². The van der Waals surface area contributed by atoms with E-state index in [1.54, 1.807) is 9.80 Å². The first-order valence-electron chi connectivity index (χ1n) is 13.2. The first kappa shape index (κ1) is 29.4. The summed E-state index contributed by atoms with van der Waals surface area (Å²) >= 11 is 6.42. The first-order chi connectivity index (χ1) is 20.1. The Morgan fingerprint density at radius 3 is 2.45 bits per heavy atom. The van der Waals surface area contributed by atoms with Crippen LogP contribution in [0.3, 0.4) is 0 Å². The third-order valence-electron chi connectivity index (χ3n) is 7.48. The van der Waals surface area contributed by atoms with Gasteiger partial charge in [-0.25, -0.2) is 9.37 Å². The summed E-state index contributed by atoms with van der Waals surface area (Å²) in [4.78, 5) is 46.1. The predicted molar refractivity (Wildman–Crippen MR) is 149 cm³/mol. The van der Waals surface area contributed by atoms with E-state index in [1.807, 2.05) is 0 Å². The maximum absolute atomic E-state index is 14.6. The summed E-state index contributed by atoms with van der Waals surface area (Å²) in [5.41, 5.74) is 0.630. The van der Waals surface area contributed by atoms with Crippen molar-refractivity contribution in [1.29, 1.82) is 0 Å². The molecule has 14 heteroatoms. The van der Waals surface area contributed by atoms with E-state index in [9.17, 15) is 28.3 Å². The largest absolute Gasteiger partial charge is 0.494 e. The zero-order valence-corrected chi connectivity index (χ0v) is 23.6. The number of amides is 3. The van der Waals surface area contributed by atoms with Gasteiger partial charge in [-0.3, -0.25) is 14.4 Å². The normalized spacial score (nSPS) is 18.7. The highest BCUT2D eigenvalue weighted by molar-refractivity contribution is 6.34. The highest BCUT2D eigenvalue weighted by Crippen LogP contribution is 2.30. The summed E-state index contributed by atoms with van der Waals surface area (Å²) in [6, 6.07) is 6.67. The zero-order chi connectivity index (χ0) is 30.1. The number of anilines is 1. The van der Waals surface area contributed by atoms with Gasteiger partial charge in [0.2, 0.25) is 11.7 Å². The van der Waals surface area contributed by atoms with Crippen molar-refractivity contribution in [3.8, 4) is 17.0 Å². The number of aliphatic hydroxyl groups is 1. The van der Waals surface area contributed by atoms with Gasteiger partial charge in [-0.1, -0.05) is 11.6 Å². The number of piperazine rings is 1. The molecule has 2 atom stereocenters. The second kappa shape index (κ2) is 12.0. The number of carbonyl (C=O) groups excluding carboxylic acids is 3. The van der Waals surface area contributed by atoms with E-state index in [0.717, 1.165) is 0 Å². The molecular weight excluding hydrogens is 574 g/mol. The van der Waals surface area contributed by atoms with Crippen LogP contribution in [0.15, 0.2) is 36.5 Å². The number of aromatic nitrogens is 2. The van der Waals surface area contributed by atoms with E-state index in [2.05, 4.69) is 15.6 Å². The van der Waals surface area contributed by atoms with Crippen LogP contribution in [0.2, 0.25) is 5.02 Å². The molecule has 0 unspecified atom stereocenters.